The predicted octanol–water partition coefficient (Wildman–Crippen LogP) is 2.98. The van der Waals surface area contributed by atoms with Crippen LogP contribution in [0.15, 0.2) is 41.5 Å². The molecule has 0 saturated carbocycles. The molecule has 0 spiro atoms. The zero-order chi connectivity index (χ0) is 17.2. The zero-order valence-electron chi connectivity index (χ0n) is 14.7. The van der Waals surface area contributed by atoms with Crippen LogP contribution < -0.4 is 10.6 Å². The Labute approximate surface area is 171 Å². The van der Waals surface area contributed by atoms with Gasteiger partial charge in [-0.25, -0.2) is 9.98 Å². The molecule has 0 aliphatic rings. The van der Waals surface area contributed by atoms with Gasteiger partial charge in [-0.2, -0.15) is 0 Å². The standard InChI is InChI=1S/C18H26N4OS.HI/c1-3-16-12-20-17(24-16)13-22-18(19-4-2)21-11-15(23)10-14-8-6-5-7-9-14;/h5-9,12,15,23H,3-4,10-11,13H2,1-2H3,(H2,19,21,22);1H. The molecule has 0 aliphatic heterocycles. The third-order valence-electron chi connectivity index (χ3n) is 3.49. The first-order chi connectivity index (χ1) is 11.7. The summed E-state index contributed by atoms with van der Waals surface area (Å²) in [6.07, 6.45) is 3.09. The number of aliphatic hydroxyl groups excluding tert-OH is 1. The van der Waals surface area contributed by atoms with Crippen LogP contribution in [0.1, 0.15) is 29.3 Å². The molecule has 0 fully saturated rings. The molecule has 7 heteroatoms. The number of benzene rings is 1. The average molecular weight is 474 g/mol. The van der Waals surface area contributed by atoms with Crippen LogP contribution in [0, 0.1) is 0 Å². The highest BCUT2D eigenvalue weighted by atomic mass is 127. The van der Waals surface area contributed by atoms with E-state index < -0.39 is 6.10 Å². The number of aliphatic imine (C=N–C) groups is 1. The summed E-state index contributed by atoms with van der Waals surface area (Å²) in [6.45, 7) is 5.93. The zero-order valence-corrected chi connectivity index (χ0v) is 17.9. The summed E-state index contributed by atoms with van der Waals surface area (Å²) in [4.78, 5) is 10.2. The van der Waals surface area contributed by atoms with Crippen molar-refractivity contribution in [1.82, 2.24) is 15.6 Å². The van der Waals surface area contributed by atoms with E-state index in [-0.39, 0.29) is 24.0 Å². The molecular weight excluding hydrogens is 447 g/mol. The maximum absolute atomic E-state index is 10.2. The topological polar surface area (TPSA) is 69.5 Å². The van der Waals surface area contributed by atoms with Crippen LogP contribution in [0.2, 0.25) is 0 Å². The summed E-state index contributed by atoms with van der Waals surface area (Å²) in [5, 5.41) is 17.6. The second-order valence-electron chi connectivity index (χ2n) is 5.49. The minimum atomic E-state index is -0.456. The Bertz CT molecular complexity index is 633. The largest absolute Gasteiger partial charge is 0.391 e. The summed E-state index contributed by atoms with van der Waals surface area (Å²) < 4.78 is 0. The lowest BCUT2D eigenvalue weighted by atomic mass is 10.1. The third kappa shape index (κ3) is 8.15. The smallest absolute Gasteiger partial charge is 0.191 e. The highest BCUT2D eigenvalue weighted by Crippen LogP contribution is 2.13. The summed E-state index contributed by atoms with van der Waals surface area (Å²) in [5.41, 5.74) is 1.13. The maximum atomic E-state index is 10.2. The van der Waals surface area contributed by atoms with Gasteiger partial charge < -0.3 is 15.7 Å². The summed E-state index contributed by atoms with van der Waals surface area (Å²) in [6, 6.07) is 10.00. The number of hydrogen-bond donors (Lipinski definition) is 3. The van der Waals surface area contributed by atoms with Gasteiger partial charge in [0.1, 0.15) is 5.01 Å². The minimum Gasteiger partial charge on any atom is -0.391 e. The van der Waals surface area contributed by atoms with E-state index in [1.165, 1.54) is 4.88 Å². The molecule has 0 amide bonds. The van der Waals surface area contributed by atoms with Crippen molar-refractivity contribution in [3.8, 4) is 0 Å². The van der Waals surface area contributed by atoms with E-state index in [0.717, 1.165) is 23.5 Å². The molecule has 2 aromatic rings. The molecule has 1 heterocycles. The highest BCUT2D eigenvalue weighted by Gasteiger charge is 2.07. The first-order valence-corrected chi connectivity index (χ1v) is 9.20. The molecule has 2 rings (SSSR count). The first kappa shape index (κ1) is 21.9. The molecule has 1 aromatic heterocycles. The highest BCUT2D eigenvalue weighted by molar-refractivity contribution is 14.0. The van der Waals surface area contributed by atoms with Crippen molar-refractivity contribution >= 4 is 41.3 Å². The van der Waals surface area contributed by atoms with Crippen molar-refractivity contribution in [3.63, 3.8) is 0 Å². The third-order valence-corrected chi connectivity index (χ3v) is 4.61. The van der Waals surface area contributed by atoms with Crippen LogP contribution in [-0.4, -0.2) is 35.2 Å². The fourth-order valence-electron chi connectivity index (χ4n) is 2.25. The molecule has 1 aromatic carbocycles. The average Bonchev–Trinajstić information content (AvgIpc) is 3.06. The first-order valence-electron chi connectivity index (χ1n) is 8.39. The van der Waals surface area contributed by atoms with Gasteiger partial charge in [0.2, 0.25) is 0 Å². The van der Waals surface area contributed by atoms with E-state index in [9.17, 15) is 5.11 Å². The lowest BCUT2D eigenvalue weighted by molar-refractivity contribution is 0.177. The number of aromatic nitrogens is 1. The van der Waals surface area contributed by atoms with E-state index in [4.69, 9.17) is 0 Å². The van der Waals surface area contributed by atoms with Gasteiger partial charge in [-0.15, -0.1) is 35.3 Å². The summed E-state index contributed by atoms with van der Waals surface area (Å²) in [5.74, 6) is 0.706. The molecule has 1 atom stereocenters. The van der Waals surface area contributed by atoms with E-state index >= 15 is 0 Å². The molecule has 5 nitrogen and oxygen atoms in total. The fourth-order valence-corrected chi connectivity index (χ4v) is 3.03. The van der Waals surface area contributed by atoms with Crippen LogP contribution in [-0.2, 0) is 19.4 Å². The summed E-state index contributed by atoms with van der Waals surface area (Å²) in [7, 11) is 0. The number of nitrogens with one attached hydrogen (secondary N) is 2. The van der Waals surface area contributed by atoms with Crippen molar-refractivity contribution in [2.24, 2.45) is 4.99 Å². The maximum Gasteiger partial charge on any atom is 0.191 e. The van der Waals surface area contributed by atoms with Crippen LogP contribution in [0.25, 0.3) is 0 Å². The monoisotopic (exact) mass is 474 g/mol. The number of guanidine groups is 1. The number of hydrogen-bond acceptors (Lipinski definition) is 4. The molecule has 3 N–H and O–H groups in total. The number of halogens is 1. The van der Waals surface area contributed by atoms with Crippen molar-refractivity contribution in [2.45, 2.75) is 39.3 Å². The minimum absolute atomic E-state index is 0. The lowest BCUT2D eigenvalue weighted by Crippen LogP contribution is -2.41. The Balaban J connectivity index is 0.00000312. The van der Waals surface area contributed by atoms with E-state index in [1.54, 1.807) is 11.3 Å². The van der Waals surface area contributed by atoms with Crippen LogP contribution in [0.5, 0.6) is 0 Å². The van der Waals surface area contributed by atoms with Crippen LogP contribution in [0.4, 0.5) is 0 Å². The van der Waals surface area contributed by atoms with Gasteiger partial charge in [0.15, 0.2) is 5.96 Å². The van der Waals surface area contributed by atoms with Gasteiger partial charge in [-0.1, -0.05) is 37.3 Å². The number of aryl methyl sites for hydroxylation is 1. The molecule has 138 valence electrons. The Morgan fingerprint density at radius 3 is 2.64 bits per heavy atom. The SMILES string of the molecule is CCNC(=NCc1ncc(CC)s1)NCC(O)Cc1ccccc1.I. The molecule has 0 radical (unpaired) electrons. The quantitative estimate of drug-likeness (QED) is 0.313. The van der Waals surface area contributed by atoms with Gasteiger partial charge in [0.05, 0.1) is 12.6 Å². The Morgan fingerprint density at radius 2 is 2.00 bits per heavy atom. The van der Waals surface area contributed by atoms with Gasteiger partial charge in [0.25, 0.3) is 0 Å². The van der Waals surface area contributed by atoms with E-state index in [0.29, 0.717) is 25.5 Å². The van der Waals surface area contributed by atoms with Crippen LogP contribution in [0.3, 0.4) is 0 Å². The fraction of sp³-hybridized carbons (Fsp3) is 0.444. The van der Waals surface area contributed by atoms with Gasteiger partial charge in [-0.05, 0) is 18.9 Å². The van der Waals surface area contributed by atoms with Gasteiger partial charge >= 0.3 is 0 Å². The predicted molar refractivity (Wildman–Crippen MR) is 116 cm³/mol. The van der Waals surface area contributed by atoms with Crippen molar-refractivity contribution in [2.75, 3.05) is 13.1 Å². The Morgan fingerprint density at radius 1 is 1.24 bits per heavy atom. The van der Waals surface area contributed by atoms with E-state index in [2.05, 4.69) is 27.5 Å². The van der Waals surface area contributed by atoms with Crippen molar-refractivity contribution in [1.29, 1.82) is 0 Å². The Kier molecular flexibility index (Phi) is 10.7. The van der Waals surface area contributed by atoms with Gasteiger partial charge in [0, 0.05) is 30.6 Å². The number of aliphatic hydroxyl groups is 1. The normalized spacial score (nSPS) is 12.4. The molecule has 0 bridgehead atoms. The number of rotatable bonds is 8. The lowest BCUT2D eigenvalue weighted by Gasteiger charge is -2.15. The van der Waals surface area contributed by atoms with E-state index in [1.807, 2.05) is 43.5 Å². The van der Waals surface area contributed by atoms with Crippen molar-refractivity contribution < 1.29 is 5.11 Å². The second kappa shape index (κ2) is 12.2. The number of thiazole rings is 1. The number of nitrogens with zero attached hydrogens (tertiary/aromatic N) is 2. The molecule has 0 aliphatic carbocycles. The molecule has 25 heavy (non-hydrogen) atoms. The van der Waals surface area contributed by atoms with Crippen LogP contribution >= 0.6 is 35.3 Å². The molecular formula is C18H27IN4OS. The van der Waals surface area contributed by atoms with Crippen molar-refractivity contribution in [3.05, 3.63) is 52.0 Å². The summed E-state index contributed by atoms with van der Waals surface area (Å²) >= 11 is 1.70. The van der Waals surface area contributed by atoms with Gasteiger partial charge in [-0.3, -0.25) is 0 Å². The molecule has 0 saturated heterocycles. The molecule has 1 unspecified atom stereocenters. The second-order valence-corrected chi connectivity index (χ2v) is 6.69. The Hall–Kier alpha value is -1.19.